The lowest BCUT2D eigenvalue weighted by Crippen LogP contribution is -1.78. The van der Waals surface area contributed by atoms with Crippen molar-refractivity contribution in [1.82, 2.24) is 4.98 Å². The van der Waals surface area contributed by atoms with E-state index in [1.54, 1.807) is 18.2 Å². The lowest BCUT2D eigenvalue weighted by Gasteiger charge is -1.87. The highest BCUT2D eigenvalue weighted by Gasteiger charge is 1.99. The van der Waals surface area contributed by atoms with Crippen molar-refractivity contribution in [3.05, 3.63) is 18.2 Å². The van der Waals surface area contributed by atoms with Crippen LogP contribution in [0.25, 0.3) is 10.2 Å². The topological polar surface area (TPSA) is 59.1 Å². The van der Waals surface area contributed by atoms with E-state index in [1.807, 2.05) is 27.7 Å². The summed E-state index contributed by atoms with van der Waals surface area (Å²) in [7, 11) is 0. The summed E-state index contributed by atoms with van der Waals surface area (Å²) < 4.78 is 0.919. The molecule has 0 atom stereocenters. The third-order valence-corrected chi connectivity index (χ3v) is 2.24. The van der Waals surface area contributed by atoms with E-state index in [-0.39, 0.29) is 5.75 Å². The molecule has 3 nitrogen and oxygen atoms in total. The van der Waals surface area contributed by atoms with Crippen molar-refractivity contribution in [1.29, 1.82) is 0 Å². The van der Waals surface area contributed by atoms with Gasteiger partial charge < -0.3 is 10.8 Å². The molecule has 0 aliphatic heterocycles. The van der Waals surface area contributed by atoms with Gasteiger partial charge in [-0.1, -0.05) is 39.0 Å². The highest BCUT2D eigenvalue weighted by atomic mass is 32.1. The minimum absolute atomic E-state index is 0.251. The van der Waals surface area contributed by atoms with Gasteiger partial charge in [-0.2, -0.15) is 0 Å². The molecule has 84 valence electrons. The number of nitrogen functional groups attached to an aromatic ring is 1. The number of thiazole rings is 1. The fourth-order valence-electron chi connectivity index (χ4n) is 0.931. The Balaban J connectivity index is 0.000000442. The molecule has 0 fully saturated rings. The number of aromatic nitrogens is 1. The van der Waals surface area contributed by atoms with Crippen molar-refractivity contribution in [3.63, 3.8) is 0 Å². The number of rotatable bonds is 0. The van der Waals surface area contributed by atoms with E-state index in [2.05, 4.69) is 4.98 Å². The van der Waals surface area contributed by atoms with Crippen LogP contribution >= 0.6 is 11.3 Å². The molecule has 0 amide bonds. The molecule has 0 unspecified atom stereocenters. The number of hydrogen-bond donors (Lipinski definition) is 2. The summed E-state index contributed by atoms with van der Waals surface area (Å²) in [5.41, 5.74) is 6.30. The molecule has 0 aliphatic carbocycles. The summed E-state index contributed by atoms with van der Waals surface area (Å²) >= 11 is 1.37. The molecule has 15 heavy (non-hydrogen) atoms. The Hall–Kier alpha value is -1.29. The van der Waals surface area contributed by atoms with Gasteiger partial charge in [0.15, 0.2) is 5.13 Å². The van der Waals surface area contributed by atoms with E-state index in [1.165, 1.54) is 11.3 Å². The first-order chi connectivity index (χ1) is 7.25. The molecule has 0 saturated heterocycles. The monoisotopic (exact) mass is 226 g/mol. The number of benzene rings is 1. The van der Waals surface area contributed by atoms with Crippen molar-refractivity contribution in [3.8, 4) is 5.75 Å². The fourth-order valence-corrected chi connectivity index (χ4v) is 1.70. The first-order valence-corrected chi connectivity index (χ1v) is 5.92. The summed E-state index contributed by atoms with van der Waals surface area (Å²) in [6.07, 6.45) is 0. The molecule has 1 aromatic heterocycles. The number of anilines is 1. The standard InChI is InChI=1S/C7H6N2OS.2C2H6/c8-7-9-5-2-1-4(10)3-6(5)11-7;2*1-2/h1-3,10H,(H2,8,9);2*1-2H3. The molecule has 4 heteroatoms. The first-order valence-electron chi connectivity index (χ1n) is 5.11. The summed E-state index contributed by atoms with van der Waals surface area (Å²) in [6, 6.07) is 5.00. The molecule has 3 N–H and O–H groups in total. The average molecular weight is 226 g/mol. The maximum absolute atomic E-state index is 9.08. The van der Waals surface area contributed by atoms with E-state index in [0.717, 1.165) is 10.2 Å². The lowest BCUT2D eigenvalue weighted by atomic mass is 10.3. The number of aromatic hydroxyl groups is 1. The highest BCUT2D eigenvalue weighted by molar-refractivity contribution is 7.22. The third-order valence-electron chi connectivity index (χ3n) is 1.39. The molecule has 0 saturated carbocycles. The second-order valence-electron chi connectivity index (χ2n) is 2.20. The fraction of sp³-hybridized carbons (Fsp3) is 0.364. The van der Waals surface area contributed by atoms with Crippen molar-refractivity contribution in [2.75, 3.05) is 5.73 Å². The zero-order valence-electron chi connectivity index (χ0n) is 9.61. The Kier molecular flexibility index (Phi) is 6.45. The van der Waals surface area contributed by atoms with Gasteiger partial charge in [-0.25, -0.2) is 4.98 Å². The molecule has 2 aromatic rings. The number of hydrogen-bond acceptors (Lipinski definition) is 4. The Morgan fingerprint density at radius 2 is 1.80 bits per heavy atom. The minimum Gasteiger partial charge on any atom is -0.508 e. The Morgan fingerprint density at radius 1 is 1.20 bits per heavy atom. The molecule has 1 heterocycles. The Bertz CT molecular complexity index is 398. The number of nitrogens with two attached hydrogens (primary N) is 1. The van der Waals surface area contributed by atoms with Crippen LogP contribution in [0.2, 0.25) is 0 Å². The first kappa shape index (κ1) is 13.7. The van der Waals surface area contributed by atoms with Crippen LogP contribution in [0.5, 0.6) is 5.75 Å². The van der Waals surface area contributed by atoms with Crippen molar-refractivity contribution >= 4 is 26.7 Å². The van der Waals surface area contributed by atoms with E-state index < -0.39 is 0 Å². The van der Waals surface area contributed by atoms with Crippen molar-refractivity contribution in [2.24, 2.45) is 0 Å². The van der Waals surface area contributed by atoms with Crippen LogP contribution in [0.4, 0.5) is 5.13 Å². The lowest BCUT2D eigenvalue weighted by molar-refractivity contribution is 0.476. The maximum Gasteiger partial charge on any atom is 0.181 e. The van der Waals surface area contributed by atoms with Crippen LogP contribution in [0.1, 0.15) is 27.7 Å². The van der Waals surface area contributed by atoms with Gasteiger partial charge in [-0.3, -0.25) is 0 Å². The zero-order valence-corrected chi connectivity index (χ0v) is 10.4. The Morgan fingerprint density at radius 3 is 2.40 bits per heavy atom. The van der Waals surface area contributed by atoms with Crippen LogP contribution in [0.3, 0.4) is 0 Å². The summed E-state index contributed by atoms with van der Waals surface area (Å²) in [6.45, 7) is 8.00. The molecule has 1 aromatic carbocycles. The van der Waals surface area contributed by atoms with Gasteiger partial charge in [0, 0.05) is 0 Å². The predicted molar refractivity (Wildman–Crippen MR) is 68.4 cm³/mol. The zero-order chi connectivity index (χ0) is 11.8. The van der Waals surface area contributed by atoms with Crippen LogP contribution in [0.15, 0.2) is 18.2 Å². The molecular weight excluding hydrogens is 208 g/mol. The number of nitrogens with zero attached hydrogens (tertiary/aromatic N) is 1. The largest absolute Gasteiger partial charge is 0.508 e. The maximum atomic E-state index is 9.08. The second-order valence-corrected chi connectivity index (χ2v) is 3.27. The Labute approximate surface area is 94.6 Å². The van der Waals surface area contributed by atoms with Crippen LogP contribution in [-0.4, -0.2) is 10.1 Å². The average Bonchev–Trinajstić information content (AvgIpc) is 2.63. The van der Waals surface area contributed by atoms with Crippen LogP contribution in [0, 0.1) is 0 Å². The van der Waals surface area contributed by atoms with Gasteiger partial charge in [-0.05, 0) is 18.2 Å². The summed E-state index contributed by atoms with van der Waals surface area (Å²) in [4.78, 5) is 4.04. The predicted octanol–water partition coefficient (Wildman–Crippen LogP) is 3.64. The summed E-state index contributed by atoms with van der Waals surface area (Å²) in [5, 5.41) is 9.61. The molecule has 0 bridgehead atoms. The molecule has 0 radical (unpaired) electrons. The molecule has 2 rings (SSSR count). The quantitative estimate of drug-likeness (QED) is 0.721. The number of phenols is 1. The van der Waals surface area contributed by atoms with E-state index >= 15 is 0 Å². The molecule has 0 spiro atoms. The van der Waals surface area contributed by atoms with E-state index in [4.69, 9.17) is 10.8 Å². The summed E-state index contributed by atoms with van der Waals surface area (Å²) in [5.74, 6) is 0.251. The van der Waals surface area contributed by atoms with Gasteiger partial charge in [0.25, 0.3) is 0 Å². The van der Waals surface area contributed by atoms with E-state index in [9.17, 15) is 0 Å². The van der Waals surface area contributed by atoms with Crippen LogP contribution in [-0.2, 0) is 0 Å². The van der Waals surface area contributed by atoms with Gasteiger partial charge >= 0.3 is 0 Å². The van der Waals surface area contributed by atoms with Gasteiger partial charge in [0.2, 0.25) is 0 Å². The molecular formula is C11H18N2OS. The van der Waals surface area contributed by atoms with Crippen molar-refractivity contribution < 1.29 is 5.11 Å². The minimum atomic E-state index is 0.251. The van der Waals surface area contributed by atoms with Crippen LogP contribution < -0.4 is 5.73 Å². The number of phenolic OH excluding ortho intramolecular Hbond substituents is 1. The van der Waals surface area contributed by atoms with E-state index in [0.29, 0.717) is 5.13 Å². The highest BCUT2D eigenvalue weighted by Crippen LogP contribution is 2.26. The second kappa shape index (κ2) is 7.06. The van der Waals surface area contributed by atoms with Gasteiger partial charge in [-0.15, -0.1) is 0 Å². The van der Waals surface area contributed by atoms with Gasteiger partial charge in [0.05, 0.1) is 10.2 Å². The van der Waals surface area contributed by atoms with Crippen molar-refractivity contribution in [2.45, 2.75) is 27.7 Å². The third kappa shape index (κ3) is 3.75. The smallest absolute Gasteiger partial charge is 0.181 e. The SMILES string of the molecule is CC.CC.Nc1nc2ccc(O)cc2s1. The molecule has 0 aliphatic rings. The normalized spacial score (nSPS) is 8.53. The number of fused-ring (bicyclic) bond motifs is 1. The van der Waals surface area contributed by atoms with Gasteiger partial charge in [0.1, 0.15) is 5.75 Å².